The molecule has 86 valence electrons. The molecule has 0 aliphatic carbocycles. The number of aliphatic imine (C=N–C) groups is 1. The average molecular weight is 240 g/mol. The van der Waals surface area contributed by atoms with Gasteiger partial charge in [0, 0.05) is 6.20 Å². The molecule has 6 nitrogen and oxygen atoms in total. The molecule has 0 bridgehead atoms. The lowest BCUT2D eigenvalue weighted by molar-refractivity contribution is -0.120. The van der Waals surface area contributed by atoms with Gasteiger partial charge in [0.2, 0.25) is 0 Å². The zero-order valence-electron chi connectivity index (χ0n) is 8.65. The van der Waals surface area contributed by atoms with Gasteiger partial charge in [0.15, 0.2) is 0 Å². The molecule has 1 amide bonds. The first kappa shape index (κ1) is 12.5. The Morgan fingerprint density at radius 3 is 2.88 bits per heavy atom. The number of nitrogens with one attached hydrogen (secondary N) is 2. The van der Waals surface area contributed by atoms with Gasteiger partial charge in [-0.15, -0.1) is 11.8 Å². The third kappa shape index (κ3) is 2.50. The van der Waals surface area contributed by atoms with Crippen LogP contribution in [-0.4, -0.2) is 35.0 Å². The van der Waals surface area contributed by atoms with Crippen LogP contribution in [-0.2, 0) is 4.79 Å². The van der Waals surface area contributed by atoms with Crippen LogP contribution >= 0.6 is 11.8 Å². The Hall–Kier alpha value is -1.60. The van der Waals surface area contributed by atoms with E-state index in [2.05, 4.69) is 20.8 Å². The third-order valence-corrected chi connectivity index (χ3v) is 2.63. The summed E-state index contributed by atoms with van der Waals surface area (Å²) in [6, 6.07) is 3.76. The topological polar surface area (TPSA) is 97.9 Å². The highest BCUT2D eigenvalue weighted by Gasteiger charge is 2.14. The molecule has 0 spiro atoms. The van der Waals surface area contributed by atoms with Crippen LogP contribution in [0, 0.1) is 0 Å². The number of pyridine rings is 1. The summed E-state index contributed by atoms with van der Waals surface area (Å²) in [4.78, 5) is 19.2. The molecule has 16 heavy (non-hydrogen) atoms. The van der Waals surface area contributed by atoms with Gasteiger partial charge in [0.25, 0.3) is 5.91 Å². The van der Waals surface area contributed by atoms with Gasteiger partial charge in [0.05, 0.1) is 5.56 Å². The number of amidine groups is 1. The van der Waals surface area contributed by atoms with Crippen LogP contribution in [0.5, 0.6) is 0 Å². The summed E-state index contributed by atoms with van der Waals surface area (Å²) < 4.78 is 0. The van der Waals surface area contributed by atoms with Crippen molar-refractivity contribution in [3.05, 3.63) is 23.9 Å². The number of aromatic nitrogens is 1. The first-order valence-electron chi connectivity index (χ1n) is 4.40. The Morgan fingerprint density at radius 1 is 1.44 bits per heavy atom. The van der Waals surface area contributed by atoms with E-state index in [1.807, 2.05) is 18.4 Å². The van der Waals surface area contributed by atoms with Crippen molar-refractivity contribution in [2.45, 2.75) is 5.03 Å². The molecule has 0 saturated heterocycles. The summed E-state index contributed by atoms with van der Waals surface area (Å²) >= 11 is 1.55. The number of amides is 1. The van der Waals surface area contributed by atoms with E-state index in [9.17, 15) is 4.79 Å². The monoisotopic (exact) mass is 240 g/mol. The van der Waals surface area contributed by atoms with Crippen LogP contribution in [0.4, 0.5) is 0 Å². The van der Waals surface area contributed by atoms with E-state index in [1.165, 1.54) is 0 Å². The lowest BCUT2D eigenvalue weighted by atomic mass is 10.2. The van der Waals surface area contributed by atoms with Crippen molar-refractivity contribution in [2.24, 2.45) is 4.99 Å². The highest BCUT2D eigenvalue weighted by Crippen LogP contribution is 2.17. The maximum absolute atomic E-state index is 10.9. The molecular formula is C9H12N4O2S. The SMILES string of the molecule is CSc1ncccc1C1=NCC(=O)NN1.O. The van der Waals surface area contributed by atoms with Crippen molar-refractivity contribution in [2.75, 3.05) is 12.8 Å². The maximum atomic E-state index is 10.9. The third-order valence-electron chi connectivity index (χ3n) is 1.92. The number of carbonyl (C=O) groups excluding carboxylic acids is 1. The Bertz CT molecular complexity index is 422. The second-order valence-corrected chi connectivity index (χ2v) is 3.69. The number of rotatable bonds is 2. The molecule has 1 aromatic rings. The molecule has 0 saturated carbocycles. The highest BCUT2D eigenvalue weighted by atomic mass is 32.2. The maximum Gasteiger partial charge on any atom is 0.260 e. The van der Waals surface area contributed by atoms with E-state index >= 15 is 0 Å². The zero-order chi connectivity index (χ0) is 10.7. The molecule has 4 N–H and O–H groups in total. The van der Waals surface area contributed by atoms with Gasteiger partial charge in [-0.05, 0) is 18.4 Å². The van der Waals surface area contributed by atoms with E-state index in [-0.39, 0.29) is 17.9 Å². The van der Waals surface area contributed by atoms with Crippen molar-refractivity contribution in [3.63, 3.8) is 0 Å². The number of hydrazine groups is 1. The first-order chi connectivity index (χ1) is 7.31. The van der Waals surface area contributed by atoms with Crippen LogP contribution in [0.3, 0.4) is 0 Å². The van der Waals surface area contributed by atoms with Gasteiger partial charge >= 0.3 is 0 Å². The second-order valence-electron chi connectivity index (χ2n) is 2.90. The van der Waals surface area contributed by atoms with Gasteiger partial charge in [-0.3, -0.25) is 20.6 Å². The normalized spacial score (nSPS) is 14.3. The fraction of sp³-hybridized carbons (Fsp3) is 0.222. The minimum absolute atomic E-state index is 0. The molecule has 0 atom stereocenters. The van der Waals surface area contributed by atoms with Crippen molar-refractivity contribution >= 4 is 23.5 Å². The van der Waals surface area contributed by atoms with E-state index in [0.29, 0.717) is 5.84 Å². The van der Waals surface area contributed by atoms with Crippen molar-refractivity contribution in [1.82, 2.24) is 15.8 Å². The predicted octanol–water partition coefficient (Wildman–Crippen LogP) is -0.640. The van der Waals surface area contributed by atoms with Crippen molar-refractivity contribution in [1.29, 1.82) is 0 Å². The molecular weight excluding hydrogens is 228 g/mol. The largest absolute Gasteiger partial charge is 0.412 e. The quantitative estimate of drug-likeness (QED) is 0.672. The van der Waals surface area contributed by atoms with Gasteiger partial charge in [-0.2, -0.15) is 0 Å². The number of carbonyl (C=O) groups is 1. The summed E-state index contributed by atoms with van der Waals surface area (Å²) in [5, 5.41) is 0.889. The summed E-state index contributed by atoms with van der Waals surface area (Å²) in [7, 11) is 0. The van der Waals surface area contributed by atoms with Crippen LogP contribution in [0.25, 0.3) is 0 Å². The highest BCUT2D eigenvalue weighted by molar-refractivity contribution is 7.98. The minimum atomic E-state index is -0.131. The number of thioether (sulfide) groups is 1. The fourth-order valence-corrected chi connectivity index (χ4v) is 1.80. The van der Waals surface area contributed by atoms with E-state index in [4.69, 9.17) is 0 Å². The van der Waals surface area contributed by atoms with Gasteiger partial charge in [-0.25, -0.2) is 4.98 Å². The molecule has 0 unspecified atom stereocenters. The standard InChI is InChI=1S/C9H10N4OS.H2O/c1-15-9-6(3-2-4-10-9)8-11-5-7(14)12-13-8;/h2-4H,5H2,1H3,(H,11,13)(H,12,14);1H2. The van der Waals surface area contributed by atoms with E-state index < -0.39 is 0 Å². The van der Waals surface area contributed by atoms with Gasteiger partial charge in [0.1, 0.15) is 17.4 Å². The Labute approximate surface area is 96.8 Å². The summed E-state index contributed by atoms with van der Waals surface area (Å²) in [5.41, 5.74) is 6.19. The molecule has 2 heterocycles. The molecule has 0 fully saturated rings. The van der Waals surface area contributed by atoms with Crippen molar-refractivity contribution < 1.29 is 10.3 Å². The number of hydrogen-bond donors (Lipinski definition) is 2. The molecule has 0 radical (unpaired) electrons. The number of nitrogens with zero attached hydrogens (tertiary/aromatic N) is 2. The van der Waals surface area contributed by atoms with Crippen molar-refractivity contribution in [3.8, 4) is 0 Å². The summed E-state index contributed by atoms with van der Waals surface area (Å²) in [5.74, 6) is 0.528. The van der Waals surface area contributed by atoms with E-state index in [0.717, 1.165) is 10.6 Å². The molecule has 2 rings (SSSR count). The average Bonchev–Trinajstić information content (AvgIpc) is 2.30. The minimum Gasteiger partial charge on any atom is -0.412 e. The second kappa shape index (κ2) is 5.47. The molecule has 1 aromatic heterocycles. The lowest BCUT2D eigenvalue weighted by Crippen LogP contribution is -2.47. The van der Waals surface area contributed by atoms with Crippen LogP contribution in [0.1, 0.15) is 5.56 Å². The molecule has 0 aromatic carbocycles. The van der Waals surface area contributed by atoms with Crippen LogP contribution in [0.15, 0.2) is 28.3 Å². The smallest absolute Gasteiger partial charge is 0.260 e. The Morgan fingerprint density at radius 2 is 2.25 bits per heavy atom. The summed E-state index contributed by atoms with van der Waals surface area (Å²) in [6.45, 7) is 0.158. The lowest BCUT2D eigenvalue weighted by Gasteiger charge is -2.16. The predicted molar refractivity (Wildman–Crippen MR) is 62.3 cm³/mol. The first-order valence-corrected chi connectivity index (χ1v) is 5.62. The van der Waals surface area contributed by atoms with Gasteiger partial charge < -0.3 is 5.48 Å². The number of hydrogen-bond acceptors (Lipinski definition) is 5. The van der Waals surface area contributed by atoms with Gasteiger partial charge in [-0.1, -0.05) is 0 Å². The molecule has 7 heteroatoms. The zero-order valence-corrected chi connectivity index (χ0v) is 9.47. The summed E-state index contributed by atoms with van der Waals surface area (Å²) in [6.07, 6.45) is 3.69. The fourth-order valence-electron chi connectivity index (χ4n) is 1.25. The Balaban J connectivity index is 0.00000128. The molecule has 1 aliphatic rings. The Kier molecular flexibility index (Phi) is 4.27. The van der Waals surface area contributed by atoms with E-state index in [1.54, 1.807) is 18.0 Å². The van der Waals surface area contributed by atoms with Crippen LogP contribution in [0.2, 0.25) is 0 Å². The van der Waals surface area contributed by atoms with Crippen LogP contribution < -0.4 is 10.9 Å². The molecule has 1 aliphatic heterocycles.